The molecule has 3 heterocycles. The van der Waals surface area contributed by atoms with Crippen LogP contribution < -0.4 is 11.2 Å². The largest absolute Gasteiger partial charge is 0.494 e. The molecule has 2 aromatic heterocycles. The van der Waals surface area contributed by atoms with E-state index in [9.17, 15) is 19.5 Å². The van der Waals surface area contributed by atoms with Crippen molar-refractivity contribution in [2.75, 3.05) is 0 Å². The van der Waals surface area contributed by atoms with Crippen molar-refractivity contribution in [1.82, 2.24) is 14.1 Å². The average molecular weight is 362 g/mol. The first kappa shape index (κ1) is 17.2. The average Bonchev–Trinajstić information content (AvgIpc) is 3.18. The summed E-state index contributed by atoms with van der Waals surface area (Å²) in [7, 11) is 2.71. The number of aromatic hydroxyl groups is 1. The zero-order valence-electron chi connectivity index (χ0n) is 14.3. The molecule has 0 bridgehead atoms. The van der Waals surface area contributed by atoms with Crippen molar-refractivity contribution in [3.8, 4) is 5.88 Å². The van der Waals surface area contributed by atoms with Gasteiger partial charge in [-0.05, 0) is 19.1 Å². The first-order valence-electron chi connectivity index (χ1n) is 7.65. The summed E-state index contributed by atoms with van der Waals surface area (Å²) in [4.78, 5) is 38.4. The number of hydrogen-bond acceptors (Lipinski definition) is 6. The van der Waals surface area contributed by atoms with E-state index in [1.165, 1.54) is 26.0 Å². The summed E-state index contributed by atoms with van der Waals surface area (Å²) in [6, 6.07) is 3.56. The maximum absolute atomic E-state index is 12.5. The molecule has 1 atom stereocenters. The number of hydrazone groups is 1. The van der Waals surface area contributed by atoms with Crippen LogP contribution in [0.2, 0.25) is 0 Å². The Morgan fingerprint density at radius 2 is 1.96 bits per heavy atom. The molecule has 132 valence electrons. The molecule has 0 radical (unpaired) electrons. The van der Waals surface area contributed by atoms with E-state index >= 15 is 0 Å². The number of aryl methyl sites for hydroxylation is 1. The Morgan fingerprint density at radius 1 is 1.28 bits per heavy atom. The van der Waals surface area contributed by atoms with Gasteiger partial charge >= 0.3 is 5.69 Å². The molecule has 9 heteroatoms. The van der Waals surface area contributed by atoms with Gasteiger partial charge in [0.25, 0.3) is 5.56 Å². The number of hydrogen-bond donors (Lipinski definition) is 1. The lowest BCUT2D eigenvalue weighted by Gasteiger charge is -2.18. The highest BCUT2D eigenvalue weighted by Crippen LogP contribution is 2.36. The van der Waals surface area contributed by atoms with Gasteiger partial charge in [-0.25, -0.2) is 9.80 Å². The minimum absolute atomic E-state index is 0.0494. The van der Waals surface area contributed by atoms with E-state index in [1.807, 2.05) is 19.1 Å². The highest BCUT2D eigenvalue weighted by atomic mass is 32.1. The van der Waals surface area contributed by atoms with Crippen LogP contribution in [0.15, 0.2) is 26.8 Å². The van der Waals surface area contributed by atoms with E-state index in [4.69, 9.17) is 0 Å². The monoisotopic (exact) mass is 362 g/mol. The molecule has 0 unspecified atom stereocenters. The molecular weight excluding hydrogens is 344 g/mol. The second kappa shape index (κ2) is 5.99. The van der Waals surface area contributed by atoms with Crippen LogP contribution >= 0.6 is 11.3 Å². The van der Waals surface area contributed by atoms with Crippen molar-refractivity contribution >= 4 is 23.0 Å². The van der Waals surface area contributed by atoms with Crippen LogP contribution in [0.25, 0.3) is 0 Å². The van der Waals surface area contributed by atoms with Gasteiger partial charge in [0.05, 0.1) is 11.8 Å². The van der Waals surface area contributed by atoms with Gasteiger partial charge in [0, 0.05) is 37.2 Å². The summed E-state index contributed by atoms with van der Waals surface area (Å²) >= 11 is 1.55. The van der Waals surface area contributed by atoms with Crippen molar-refractivity contribution in [3.63, 3.8) is 0 Å². The molecule has 1 aliphatic rings. The Morgan fingerprint density at radius 3 is 2.52 bits per heavy atom. The van der Waals surface area contributed by atoms with E-state index in [0.29, 0.717) is 12.1 Å². The smallest absolute Gasteiger partial charge is 0.333 e. The third-order valence-corrected chi connectivity index (χ3v) is 5.35. The van der Waals surface area contributed by atoms with Crippen LogP contribution in [0.3, 0.4) is 0 Å². The molecule has 2 aromatic rings. The molecule has 3 rings (SSSR count). The van der Waals surface area contributed by atoms with E-state index < -0.39 is 17.1 Å². The zero-order valence-corrected chi connectivity index (χ0v) is 15.1. The summed E-state index contributed by atoms with van der Waals surface area (Å²) < 4.78 is 1.90. The predicted molar refractivity (Wildman–Crippen MR) is 94.1 cm³/mol. The Labute approximate surface area is 147 Å². The van der Waals surface area contributed by atoms with Gasteiger partial charge in [0.1, 0.15) is 5.56 Å². The predicted octanol–water partition coefficient (Wildman–Crippen LogP) is 0.857. The van der Waals surface area contributed by atoms with Crippen molar-refractivity contribution in [3.05, 3.63) is 48.3 Å². The first-order chi connectivity index (χ1) is 11.7. The van der Waals surface area contributed by atoms with Crippen LogP contribution in [-0.4, -0.2) is 30.9 Å². The van der Waals surface area contributed by atoms with Crippen LogP contribution in [0, 0.1) is 6.92 Å². The van der Waals surface area contributed by atoms with Gasteiger partial charge < -0.3 is 5.11 Å². The third-order valence-electron chi connectivity index (χ3n) is 4.24. The van der Waals surface area contributed by atoms with Crippen LogP contribution in [0.4, 0.5) is 0 Å². The number of carbonyl (C=O) groups excluding carboxylic acids is 1. The summed E-state index contributed by atoms with van der Waals surface area (Å²) in [6.45, 7) is 3.37. The molecule has 0 spiro atoms. The molecule has 1 aliphatic heterocycles. The summed E-state index contributed by atoms with van der Waals surface area (Å²) in [6.07, 6.45) is 0.292. The Bertz CT molecular complexity index is 1010. The normalized spacial score (nSPS) is 17.0. The number of nitrogens with zero attached hydrogens (tertiary/aromatic N) is 4. The zero-order chi connectivity index (χ0) is 18.5. The van der Waals surface area contributed by atoms with Crippen molar-refractivity contribution in [2.45, 2.75) is 26.3 Å². The summed E-state index contributed by atoms with van der Waals surface area (Å²) in [5, 5.41) is 15.9. The molecule has 1 amide bonds. The number of aromatic nitrogens is 2. The number of rotatable bonds is 2. The van der Waals surface area contributed by atoms with Crippen molar-refractivity contribution < 1.29 is 9.90 Å². The van der Waals surface area contributed by atoms with E-state index in [1.54, 1.807) is 11.3 Å². The van der Waals surface area contributed by atoms with Crippen LogP contribution in [0.5, 0.6) is 5.88 Å². The lowest BCUT2D eigenvalue weighted by molar-refractivity contribution is -0.130. The summed E-state index contributed by atoms with van der Waals surface area (Å²) in [5.41, 5.74) is -1.02. The van der Waals surface area contributed by atoms with Crippen LogP contribution in [-0.2, 0) is 18.9 Å². The fourth-order valence-electron chi connectivity index (χ4n) is 2.89. The molecule has 0 aliphatic carbocycles. The fraction of sp³-hybridized carbons (Fsp3) is 0.375. The van der Waals surface area contributed by atoms with Gasteiger partial charge in [0.2, 0.25) is 11.8 Å². The minimum atomic E-state index is -0.633. The fourth-order valence-corrected chi connectivity index (χ4v) is 3.85. The molecular formula is C16H18N4O4S. The molecule has 0 saturated carbocycles. The first-order valence-corrected chi connectivity index (χ1v) is 8.47. The van der Waals surface area contributed by atoms with Gasteiger partial charge in [-0.2, -0.15) is 5.10 Å². The molecule has 25 heavy (non-hydrogen) atoms. The van der Waals surface area contributed by atoms with Gasteiger partial charge in [-0.1, -0.05) is 0 Å². The second-order valence-electron chi connectivity index (χ2n) is 5.98. The van der Waals surface area contributed by atoms with Gasteiger partial charge in [-0.15, -0.1) is 11.3 Å². The molecule has 0 saturated heterocycles. The molecule has 0 aromatic carbocycles. The highest BCUT2D eigenvalue weighted by molar-refractivity contribution is 7.12. The van der Waals surface area contributed by atoms with Gasteiger partial charge in [0.15, 0.2) is 0 Å². The molecule has 0 fully saturated rings. The summed E-state index contributed by atoms with van der Waals surface area (Å²) in [5.74, 6) is -0.703. The Hall–Kier alpha value is -2.68. The lowest BCUT2D eigenvalue weighted by Crippen LogP contribution is -2.39. The number of carbonyl (C=O) groups is 1. The topological polar surface area (TPSA) is 96.9 Å². The number of thiophene rings is 1. The third kappa shape index (κ3) is 2.70. The maximum Gasteiger partial charge on any atom is 0.333 e. The van der Waals surface area contributed by atoms with E-state index in [2.05, 4.69) is 5.10 Å². The van der Waals surface area contributed by atoms with E-state index in [-0.39, 0.29) is 17.5 Å². The van der Waals surface area contributed by atoms with Crippen LogP contribution in [0.1, 0.15) is 34.7 Å². The Kier molecular flexibility index (Phi) is 4.11. The minimum Gasteiger partial charge on any atom is -0.494 e. The molecule has 1 N–H and O–H groups in total. The standard InChI is InChI=1S/C16H18N4O4S/c1-8-5-6-12(25-8)11-7-10(17-20(11)9(2)21)13-14(22)18(3)16(24)19(4)15(13)23/h5-6,11,22H,7H2,1-4H3/t11-/m0/s1. The maximum atomic E-state index is 12.5. The second-order valence-corrected chi connectivity index (χ2v) is 7.30. The number of amides is 1. The quantitative estimate of drug-likeness (QED) is 0.857. The highest BCUT2D eigenvalue weighted by Gasteiger charge is 2.35. The SMILES string of the molecule is CC(=O)N1N=C(c2c(O)n(C)c(=O)n(C)c2=O)C[C@H]1c1ccc(C)s1. The Balaban J connectivity index is 2.14. The van der Waals surface area contributed by atoms with Crippen molar-refractivity contribution in [1.29, 1.82) is 0 Å². The lowest BCUT2D eigenvalue weighted by atomic mass is 10.0. The van der Waals surface area contributed by atoms with E-state index in [0.717, 1.165) is 18.9 Å². The van der Waals surface area contributed by atoms with Crippen molar-refractivity contribution in [2.24, 2.45) is 19.2 Å². The molecule has 8 nitrogen and oxygen atoms in total. The van der Waals surface area contributed by atoms with Gasteiger partial charge in [-0.3, -0.25) is 18.7 Å².